The Balaban J connectivity index is 1.36. The zero-order valence-corrected chi connectivity index (χ0v) is 16.1. The molecule has 1 aromatic heterocycles. The molecule has 4 rings (SSSR count). The van der Waals surface area contributed by atoms with E-state index in [1.165, 1.54) is 0 Å². The Morgan fingerprint density at radius 1 is 0.800 bits per heavy atom. The van der Waals surface area contributed by atoms with E-state index in [0.717, 1.165) is 22.7 Å². The van der Waals surface area contributed by atoms with Crippen LogP contribution in [0.1, 0.15) is 11.1 Å². The van der Waals surface area contributed by atoms with Crippen LogP contribution in [-0.2, 0) is 6.61 Å². The zero-order valence-electron chi connectivity index (χ0n) is 16.1. The first kappa shape index (κ1) is 19.0. The van der Waals surface area contributed by atoms with Gasteiger partial charge in [-0.1, -0.05) is 30.3 Å². The van der Waals surface area contributed by atoms with Gasteiger partial charge in [0.05, 0.1) is 11.6 Å². The number of benzene rings is 3. The van der Waals surface area contributed by atoms with E-state index < -0.39 is 0 Å². The van der Waals surface area contributed by atoms with Crippen LogP contribution in [0.15, 0.2) is 91.1 Å². The molecule has 0 aliphatic carbocycles. The van der Waals surface area contributed by atoms with E-state index in [4.69, 9.17) is 10.00 Å². The second kappa shape index (κ2) is 9.22. The molecule has 0 spiro atoms. The third-order valence-corrected chi connectivity index (χ3v) is 4.30. The highest BCUT2D eigenvalue weighted by Gasteiger charge is 2.02. The summed E-state index contributed by atoms with van der Waals surface area (Å²) in [4.78, 5) is 8.71. The minimum Gasteiger partial charge on any atom is -0.489 e. The summed E-state index contributed by atoms with van der Waals surface area (Å²) < 4.78 is 5.82. The zero-order chi connectivity index (χ0) is 20.6. The summed E-state index contributed by atoms with van der Waals surface area (Å²) in [6.45, 7) is 0.532. The molecule has 0 saturated carbocycles. The third kappa shape index (κ3) is 5.12. The molecular formula is C24H19N5O. The number of nitrogens with zero attached hydrogens (tertiary/aromatic N) is 3. The van der Waals surface area contributed by atoms with Crippen LogP contribution >= 0.6 is 0 Å². The van der Waals surface area contributed by atoms with E-state index in [0.29, 0.717) is 23.9 Å². The molecule has 146 valence electrons. The molecule has 1 heterocycles. The molecule has 0 amide bonds. The third-order valence-electron chi connectivity index (χ3n) is 4.30. The fourth-order valence-electron chi connectivity index (χ4n) is 2.77. The Morgan fingerprint density at radius 2 is 1.50 bits per heavy atom. The molecule has 3 aromatic carbocycles. The van der Waals surface area contributed by atoms with E-state index in [-0.39, 0.29) is 0 Å². The number of ether oxygens (including phenoxy) is 1. The van der Waals surface area contributed by atoms with Gasteiger partial charge in [-0.2, -0.15) is 10.2 Å². The van der Waals surface area contributed by atoms with Gasteiger partial charge in [0.25, 0.3) is 0 Å². The predicted molar refractivity (Wildman–Crippen MR) is 117 cm³/mol. The van der Waals surface area contributed by atoms with Gasteiger partial charge in [0.1, 0.15) is 18.2 Å². The maximum atomic E-state index is 8.88. The Hall–Kier alpha value is -4.37. The minimum absolute atomic E-state index is 0.465. The highest BCUT2D eigenvalue weighted by atomic mass is 16.5. The van der Waals surface area contributed by atoms with Crippen molar-refractivity contribution in [3.8, 4) is 11.8 Å². The summed E-state index contributed by atoms with van der Waals surface area (Å²) in [6.07, 6.45) is 1.68. The second-order valence-corrected chi connectivity index (χ2v) is 6.50. The van der Waals surface area contributed by atoms with Crippen molar-refractivity contribution in [3.63, 3.8) is 0 Å². The van der Waals surface area contributed by atoms with Crippen molar-refractivity contribution < 1.29 is 4.74 Å². The first-order valence-corrected chi connectivity index (χ1v) is 9.42. The summed E-state index contributed by atoms with van der Waals surface area (Å²) in [7, 11) is 0. The average Bonchev–Trinajstić information content (AvgIpc) is 2.80. The Labute approximate surface area is 174 Å². The van der Waals surface area contributed by atoms with Crippen molar-refractivity contribution in [2.24, 2.45) is 0 Å². The van der Waals surface area contributed by atoms with Crippen molar-refractivity contribution in [2.45, 2.75) is 6.61 Å². The van der Waals surface area contributed by atoms with Crippen LogP contribution in [0.25, 0.3) is 0 Å². The molecule has 0 unspecified atom stereocenters. The standard InChI is InChI=1S/C24H19N5O/c25-16-18-6-8-21(9-7-18)28-24-26-15-14-23(29-24)27-20-10-12-22(13-11-20)30-17-19-4-2-1-3-5-19/h1-15H,17H2,(H2,26,27,28,29). The molecule has 0 aliphatic heterocycles. The minimum atomic E-state index is 0.465. The normalized spacial score (nSPS) is 10.1. The van der Waals surface area contributed by atoms with Crippen molar-refractivity contribution in [2.75, 3.05) is 10.6 Å². The lowest BCUT2D eigenvalue weighted by Gasteiger charge is -2.10. The highest BCUT2D eigenvalue weighted by Crippen LogP contribution is 2.21. The van der Waals surface area contributed by atoms with Gasteiger partial charge in [-0.3, -0.25) is 0 Å². The molecule has 2 N–H and O–H groups in total. The van der Waals surface area contributed by atoms with E-state index in [1.54, 1.807) is 24.4 Å². The second-order valence-electron chi connectivity index (χ2n) is 6.50. The van der Waals surface area contributed by atoms with E-state index in [1.807, 2.05) is 66.7 Å². The molecule has 30 heavy (non-hydrogen) atoms. The summed E-state index contributed by atoms with van der Waals surface area (Å²) >= 11 is 0. The van der Waals surface area contributed by atoms with E-state index in [9.17, 15) is 0 Å². The van der Waals surface area contributed by atoms with Gasteiger partial charge in [0.15, 0.2) is 0 Å². The van der Waals surface area contributed by atoms with Gasteiger partial charge in [0, 0.05) is 17.6 Å². The lowest BCUT2D eigenvalue weighted by molar-refractivity contribution is 0.306. The van der Waals surface area contributed by atoms with Crippen LogP contribution in [0.4, 0.5) is 23.1 Å². The molecule has 4 aromatic rings. The number of hydrogen-bond acceptors (Lipinski definition) is 6. The van der Waals surface area contributed by atoms with Crippen molar-refractivity contribution in [3.05, 3.63) is 102 Å². The Morgan fingerprint density at radius 3 is 2.23 bits per heavy atom. The van der Waals surface area contributed by atoms with Crippen LogP contribution < -0.4 is 15.4 Å². The van der Waals surface area contributed by atoms with E-state index in [2.05, 4.69) is 26.7 Å². The number of rotatable bonds is 7. The van der Waals surface area contributed by atoms with Gasteiger partial charge < -0.3 is 15.4 Å². The maximum Gasteiger partial charge on any atom is 0.229 e. The number of hydrogen-bond donors (Lipinski definition) is 2. The van der Waals surface area contributed by atoms with Gasteiger partial charge in [0.2, 0.25) is 5.95 Å². The molecule has 0 fully saturated rings. The molecular weight excluding hydrogens is 374 g/mol. The Kier molecular flexibility index (Phi) is 5.83. The maximum absolute atomic E-state index is 8.88. The first-order chi connectivity index (χ1) is 14.8. The monoisotopic (exact) mass is 393 g/mol. The van der Waals surface area contributed by atoms with Crippen molar-refractivity contribution in [1.29, 1.82) is 5.26 Å². The van der Waals surface area contributed by atoms with Crippen molar-refractivity contribution >= 4 is 23.1 Å². The molecule has 6 heteroatoms. The number of anilines is 4. The van der Waals surface area contributed by atoms with Crippen LogP contribution in [-0.4, -0.2) is 9.97 Å². The van der Waals surface area contributed by atoms with Crippen molar-refractivity contribution in [1.82, 2.24) is 9.97 Å². The van der Waals surface area contributed by atoms with Gasteiger partial charge >= 0.3 is 0 Å². The molecule has 0 bridgehead atoms. The molecule has 0 radical (unpaired) electrons. The summed E-state index contributed by atoms with van der Waals surface area (Å²) in [5, 5.41) is 15.3. The fourth-order valence-corrected chi connectivity index (χ4v) is 2.77. The Bertz CT molecular complexity index is 1140. The summed E-state index contributed by atoms with van der Waals surface area (Å²) in [5.41, 5.74) is 3.44. The smallest absolute Gasteiger partial charge is 0.229 e. The summed E-state index contributed by atoms with van der Waals surface area (Å²) in [6, 6.07) is 28.8. The number of nitrogens with one attached hydrogen (secondary N) is 2. The quantitative estimate of drug-likeness (QED) is 0.437. The van der Waals surface area contributed by atoms with E-state index >= 15 is 0 Å². The van der Waals surface area contributed by atoms with Gasteiger partial charge in [-0.25, -0.2) is 4.98 Å². The van der Waals surface area contributed by atoms with Crippen LogP contribution in [0.5, 0.6) is 5.75 Å². The predicted octanol–water partition coefficient (Wildman–Crippen LogP) is 5.41. The molecule has 0 saturated heterocycles. The lowest BCUT2D eigenvalue weighted by Crippen LogP contribution is -2.00. The van der Waals surface area contributed by atoms with Crippen LogP contribution in [0, 0.1) is 11.3 Å². The molecule has 0 atom stereocenters. The van der Waals surface area contributed by atoms with Gasteiger partial charge in [-0.15, -0.1) is 0 Å². The largest absolute Gasteiger partial charge is 0.489 e. The number of nitriles is 1. The lowest BCUT2D eigenvalue weighted by atomic mass is 10.2. The fraction of sp³-hybridized carbons (Fsp3) is 0.0417. The van der Waals surface area contributed by atoms with Crippen LogP contribution in [0.2, 0.25) is 0 Å². The SMILES string of the molecule is N#Cc1ccc(Nc2nccc(Nc3ccc(OCc4ccccc4)cc3)n2)cc1. The first-order valence-electron chi connectivity index (χ1n) is 9.42. The summed E-state index contributed by atoms with van der Waals surface area (Å²) in [5.74, 6) is 1.93. The topological polar surface area (TPSA) is 82.9 Å². The van der Waals surface area contributed by atoms with Gasteiger partial charge in [-0.05, 0) is 60.2 Å². The van der Waals surface area contributed by atoms with Crippen LogP contribution in [0.3, 0.4) is 0 Å². The molecule has 6 nitrogen and oxygen atoms in total. The number of aromatic nitrogens is 2. The highest BCUT2D eigenvalue weighted by molar-refractivity contribution is 5.60. The average molecular weight is 393 g/mol. The molecule has 0 aliphatic rings.